The van der Waals surface area contributed by atoms with Crippen molar-refractivity contribution in [3.8, 4) is 0 Å². The summed E-state index contributed by atoms with van der Waals surface area (Å²) in [5.41, 5.74) is 4.43. The van der Waals surface area contributed by atoms with Gasteiger partial charge in [0.15, 0.2) is 11.5 Å². The minimum absolute atomic E-state index is 0.0489. The zero-order chi connectivity index (χ0) is 20.5. The van der Waals surface area contributed by atoms with E-state index >= 15 is 0 Å². The van der Waals surface area contributed by atoms with Gasteiger partial charge in [0.25, 0.3) is 5.91 Å². The number of carbonyl (C=O) groups is 2. The Labute approximate surface area is 170 Å². The second kappa shape index (κ2) is 7.93. The van der Waals surface area contributed by atoms with Crippen LogP contribution in [0.5, 0.6) is 0 Å². The van der Waals surface area contributed by atoms with Gasteiger partial charge in [-0.15, -0.1) is 0 Å². The fourth-order valence-corrected chi connectivity index (χ4v) is 4.33. The number of aromatic nitrogens is 4. The molecule has 4 heterocycles. The number of likely N-dealkylation sites (tertiary alicyclic amines) is 1. The summed E-state index contributed by atoms with van der Waals surface area (Å²) in [5, 5.41) is 7.28. The van der Waals surface area contributed by atoms with Gasteiger partial charge in [0.1, 0.15) is 0 Å². The van der Waals surface area contributed by atoms with Crippen molar-refractivity contribution in [3.05, 3.63) is 40.2 Å². The number of hydrogen-bond donors (Lipinski definition) is 1. The highest BCUT2D eigenvalue weighted by Gasteiger charge is 2.33. The molecule has 0 bridgehead atoms. The summed E-state index contributed by atoms with van der Waals surface area (Å²) in [7, 11) is 0. The van der Waals surface area contributed by atoms with E-state index in [1.807, 2.05) is 29.8 Å². The number of carbonyl (C=O) groups excluding carboxylic acids is 2. The first-order chi connectivity index (χ1) is 14.0. The summed E-state index contributed by atoms with van der Waals surface area (Å²) in [5.74, 6) is 0.730. The molecule has 1 fully saturated rings. The lowest BCUT2D eigenvalue weighted by Gasteiger charge is -2.35. The Bertz CT molecular complexity index is 937. The van der Waals surface area contributed by atoms with Gasteiger partial charge in [0.2, 0.25) is 5.91 Å². The van der Waals surface area contributed by atoms with E-state index in [4.69, 9.17) is 4.98 Å². The summed E-state index contributed by atoms with van der Waals surface area (Å²) in [6.45, 7) is 7.52. The van der Waals surface area contributed by atoms with Crippen LogP contribution in [0.25, 0.3) is 0 Å². The Kier molecular flexibility index (Phi) is 5.34. The maximum atomic E-state index is 13.3. The van der Waals surface area contributed by atoms with Gasteiger partial charge in [-0.2, -0.15) is 5.10 Å². The average Bonchev–Trinajstić information content (AvgIpc) is 3.12. The van der Waals surface area contributed by atoms with Crippen molar-refractivity contribution in [3.63, 3.8) is 0 Å². The number of nitrogens with one attached hydrogen (secondary N) is 1. The van der Waals surface area contributed by atoms with Gasteiger partial charge in [-0.1, -0.05) is 6.92 Å². The van der Waals surface area contributed by atoms with Crippen molar-refractivity contribution >= 4 is 11.8 Å². The van der Waals surface area contributed by atoms with E-state index in [2.05, 4.69) is 15.2 Å². The Balaban J connectivity index is 1.60. The molecule has 4 rings (SSSR count). The minimum Gasteiger partial charge on any atom is -0.338 e. The zero-order valence-corrected chi connectivity index (χ0v) is 17.4. The van der Waals surface area contributed by atoms with Gasteiger partial charge in [0.05, 0.1) is 11.7 Å². The van der Waals surface area contributed by atoms with Crippen LogP contribution in [0.3, 0.4) is 0 Å². The van der Waals surface area contributed by atoms with Crippen LogP contribution in [0, 0.1) is 6.92 Å². The topological polar surface area (TPSA) is 95.1 Å². The smallest absolute Gasteiger partial charge is 0.275 e. The molecular formula is C21H28N6O2. The van der Waals surface area contributed by atoms with Gasteiger partial charge >= 0.3 is 0 Å². The highest BCUT2D eigenvalue weighted by atomic mass is 16.2. The second-order valence-electron chi connectivity index (χ2n) is 7.93. The lowest BCUT2D eigenvalue weighted by Crippen LogP contribution is -2.40. The predicted molar refractivity (Wildman–Crippen MR) is 107 cm³/mol. The summed E-state index contributed by atoms with van der Waals surface area (Å²) in [6.07, 6.45) is 6.26. The summed E-state index contributed by atoms with van der Waals surface area (Å²) < 4.78 is 0. The van der Waals surface area contributed by atoms with E-state index in [-0.39, 0.29) is 17.9 Å². The van der Waals surface area contributed by atoms with E-state index < -0.39 is 0 Å². The van der Waals surface area contributed by atoms with E-state index in [1.54, 1.807) is 6.92 Å². The lowest BCUT2D eigenvalue weighted by molar-refractivity contribution is -0.129. The van der Waals surface area contributed by atoms with Crippen molar-refractivity contribution in [2.45, 2.75) is 65.5 Å². The monoisotopic (exact) mass is 396 g/mol. The Morgan fingerprint density at radius 3 is 2.83 bits per heavy atom. The molecule has 0 spiro atoms. The SMILES string of the molecule is CCc1[nH]nc(C(=O)N2CCCC[C@@H]2c2ncc3c(n2)CCN(C(C)=O)C3)c1C. The van der Waals surface area contributed by atoms with Crippen molar-refractivity contribution in [1.82, 2.24) is 30.0 Å². The van der Waals surface area contributed by atoms with Crippen LogP contribution in [-0.4, -0.2) is 54.9 Å². The molecule has 0 unspecified atom stereocenters. The number of H-pyrrole nitrogens is 1. The molecule has 2 aliphatic rings. The highest BCUT2D eigenvalue weighted by Crippen LogP contribution is 2.31. The highest BCUT2D eigenvalue weighted by molar-refractivity contribution is 5.94. The summed E-state index contributed by atoms with van der Waals surface area (Å²) in [6, 6.07) is -0.131. The van der Waals surface area contributed by atoms with Crippen LogP contribution in [0.15, 0.2) is 6.20 Å². The molecule has 0 radical (unpaired) electrons. The Morgan fingerprint density at radius 1 is 1.28 bits per heavy atom. The van der Waals surface area contributed by atoms with Gasteiger partial charge < -0.3 is 9.80 Å². The minimum atomic E-state index is -0.131. The van der Waals surface area contributed by atoms with Crippen LogP contribution in [0.4, 0.5) is 0 Å². The molecule has 1 N–H and O–H groups in total. The van der Waals surface area contributed by atoms with Gasteiger partial charge in [-0.3, -0.25) is 14.7 Å². The van der Waals surface area contributed by atoms with E-state index in [9.17, 15) is 9.59 Å². The van der Waals surface area contributed by atoms with Crippen LogP contribution in [0.1, 0.15) is 78.0 Å². The van der Waals surface area contributed by atoms with Crippen molar-refractivity contribution in [1.29, 1.82) is 0 Å². The summed E-state index contributed by atoms with van der Waals surface area (Å²) >= 11 is 0. The standard InChI is InChI=1S/C21H28N6O2/c1-4-16-13(2)19(25-24-16)21(29)27-9-6-5-7-18(27)20-22-11-15-12-26(14(3)28)10-8-17(15)23-20/h11,18H,4-10,12H2,1-3H3,(H,24,25)/t18-/m1/s1. The molecule has 2 amide bonds. The fourth-order valence-electron chi connectivity index (χ4n) is 4.33. The third-order valence-electron chi connectivity index (χ3n) is 6.13. The van der Waals surface area contributed by atoms with E-state index in [0.29, 0.717) is 31.2 Å². The van der Waals surface area contributed by atoms with Crippen molar-refractivity contribution in [2.24, 2.45) is 0 Å². The molecular weight excluding hydrogens is 368 g/mol. The lowest BCUT2D eigenvalue weighted by atomic mass is 9.99. The van der Waals surface area contributed by atoms with Gasteiger partial charge in [0, 0.05) is 56.0 Å². The number of hydrogen-bond acceptors (Lipinski definition) is 5. The molecule has 8 nitrogen and oxygen atoms in total. The third-order valence-corrected chi connectivity index (χ3v) is 6.13. The first kappa shape index (κ1) is 19.5. The first-order valence-corrected chi connectivity index (χ1v) is 10.4. The molecule has 2 aromatic heterocycles. The van der Waals surface area contributed by atoms with E-state index in [0.717, 1.165) is 54.6 Å². The molecule has 8 heteroatoms. The average molecular weight is 396 g/mol. The van der Waals surface area contributed by atoms with Crippen LogP contribution in [-0.2, 0) is 24.2 Å². The number of rotatable bonds is 3. The molecule has 0 saturated carbocycles. The third kappa shape index (κ3) is 3.63. The second-order valence-corrected chi connectivity index (χ2v) is 7.93. The molecule has 2 aliphatic heterocycles. The Hall–Kier alpha value is -2.77. The normalized spacial score (nSPS) is 19.2. The molecule has 2 aromatic rings. The Morgan fingerprint density at radius 2 is 2.10 bits per heavy atom. The van der Waals surface area contributed by atoms with Crippen molar-refractivity contribution < 1.29 is 9.59 Å². The quantitative estimate of drug-likeness (QED) is 0.859. The largest absolute Gasteiger partial charge is 0.338 e. The number of nitrogens with zero attached hydrogens (tertiary/aromatic N) is 5. The number of piperidine rings is 1. The van der Waals surface area contributed by atoms with Crippen LogP contribution in [0.2, 0.25) is 0 Å². The van der Waals surface area contributed by atoms with E-state index in [1.165, 1.54) is 0 Å². The molecule has 1 atom stereocenters. The number of aromatic amines is 1. The van der Waals surface area contributed by atoms with Gasteiger partial charge in [-0.25, -0.2) is 9.97 Å². The van der Waals surface area contributed by atoms with Gasteiger partial charge in [-0.05, 0) is 32.6 Å². The molecule has 154 valence electrons. The summed E-state index contributed by atoms with van der Waals surface area (Å²) in [4.78, 5) is 38.1. The number of amides is 2. The zero-order valence-electron chi connectivity index (χ0n) is 17.4. The molecule has 0 aliphatic carbocycles. The number of aryl methyl sites for hydroxylation is 1. The van der Waals surface area contributed by atoms with Crippen LogP contribution >= 0.6 is 0 Å². The predicted octanol–water partition coefficient (Wildman–Crippen LogP) is 2.34. The molecule has 1 saturated heterocycles. The maximum Gasteiger partial charge on any atom is 0.275 e. The molecule has 0 aromatic carbocycles. The van der Waals surface area contributed by atoms with Crippen LogP contribution < -0.4 is 0 Å². The number of fused-ring (bicyclic) bond motifs is 1. The van der Waals surface area contributed by atoms with Crippen molar-refractivity contribution in [2.75, 3.05) is 13.1 Å². The molecule has 29 heavy (non-hydrogen) atoms. The fraction of sp³-hybridized carbons (Fsp3) is 0.571. The first-order valence-electron chi connectivity index (χ1n) is 10.4. The maximum absolute atomic E-state index is 13.3.